The maximum Gasteiger partial charge on any atom is 0.299 e. The van der Waals surface area contributed by atoms with E-state index in [0.717, 1.165) is 5.56 Å². The maximum absolute atomic E-state index is 12.0. The van der Waals surface area contributed by atoms with Crippen molar-refractivity contribution in [2.75, 3.05) is 13.2 Å². The van der Waals surface area contributed by atoms with Crippen molar-refractivity contribution in [2.24, 2.45) is 0 Å². The van der Waals surface area contributed by atoms with Gasteiger partial charge in [-0.25, -0.2) is 0 Å². The summed E-state index contributed by atoms with van der Waals surface area (Å²) >= 11 is 0. The van der Waals surface area contributed by atoms with Crippen molar-refractivity contribution in [2.45, 2.75) is 23.1 Å². The minimum Gasteiger partial charge on any atom is -0.266 e. The third-order valence-corrected chi connectivity index (χ3v) is 5.94. The molecule has 0 bridgehead atoms. The third kappa shape index (κ3) is 5.57. The van der Waals surface area contributed by atoms with Gasteiger partial charge in [0, 0.05) is 31.2 Å². The van der Waals surface area contributed by atoms with Crippen molar-refractivity contribution in [3.05, 3.63) is 66.6 Å². The molecule has 0 amide bonds. The quantitative estimate of drug-likeness (QED) is 0.396. The van der Waals surface area contributed by atoms with Crippen molar-refractivity contribution < 1.29 is 25.2 Å². The molecule has 134 valence electrons. The Hall–Kier alpha value is -1.87. The Morgan fingerprint density at radius 3 is 1.60 bits per heavy atom. The summed E-state index contributed by atoms with van der Waals surface area (Å²) in [4.78, 5) is 0.0769. The fraction of sp³-hybridized carbons (Fsp3) is 0.235. The molecular weight excluding hydrogens is 364 g/mol. The Bertz CT molecular complexity index is 821. The Morgan fingerprint density at radius 2 is 1.16 bits per heavy atom. The lowest BCUT2D eigenvalue weighted by atomic mass is 10.2. The molecule has 0 saturated heterocycles. The van der Waals surface area contributed by atoms with E-state index in [0.29, 0.717) is 5.56 Å². The molecule has 0 fully saturated rings. The zero-order chi connectivity index (χ0) is 18.5. The van der Waals surface area contributed by atoms with Gasteiger partial charge in [-0.3, -0.25) is 8.37 Å². The van der Waals surface area contributed by atoms with E-state index in [2.05, 4.69) is 6.92 Å². The van der Waals surface area contributed by atoms with Gasteiger partial charge in [0.25, 0.3) is 20.2 Å². The van der Waals surface area contributed by atoms with E-state index in [4.69, 9.17) is 8.37 Å². The number of benzene rings is 2. The van der Waals surface area contributed by atoms with Crippen molar-refractivity contribution in [1.82, 2.24) is 0 Å². The molecule has 8 heteroatoms. The van der Waals surface area contributed by atoms with Gasteiger partial charge in [0.2, 0.25) is 0 Å². The standard InChI is InChI=1S/C17H19O6S2/c1-14-4-8-16(9-5-14)24(18,19)22-12-3-13-23-25(20,21)17-10-6-15(2)7-11-17/h4-11H,1,3,12-13H2,2H3/q+1. The van der Waals surface area contributed by atoms with Gasteiger partial charge >= 0.3 is 0 Å². The minimum absolute atomic E-state index is 0.0214. The van der Waals surface area contributed by atoms with E-state index < -0.39 is 20.2 Å². The Morgan fingerprint density at radius 1 is 0.760 bits per heavy atom. The first-order valence-corrected chi connectivity index (χ1v) is 10.3. The SMILES string of the molecule is [CH2+]c1ccc(S(=O)(=O)OCCCOS(=O)(=O)c2ccc(C)cc2)cc1. The lowest BCUT2D eigenvalue weighted by molar-refractivity contribution is 0.254. The van der Waals surface area contributed by atoms with Gasteiger partial charge in [0.15, 0.2) is 0 Å². The summed E-state index contributed by atoms with van der Waals surface area (Å²) in [7, 11) is -7.74. The summed E-state index contributed by atoms with van der Waals surface area (Å²) < 4.78 is 57.6. The molecule has 0 aliphatic carbocycles. The third-order valence-electron chi connectivity index (χ3n) is 3.29. The number of rotatable bonds is 8. The van der Waals surface area contributed by atoms with Gasteiger partial charge in [0.1, 0.15) is 10.5 Å². The molecule has 0 spiro atoms. The monoisotopic (exact) mass is 383 g/mol. The molecule has 2 aromatic rings. The van der Waals surface area contributed by atoms with Gasteiger partial charge in [-0.2, -0.15) is 16.8 Å². The predicted molar refractivity (Wildman–Crippen MR) is 93.0 cm³/mol. The molecular formula is C17H19O6S2+. The molecule has 0 atom stereocenters. The van der Waals surface area contributed by atoms with Crippen molar-refractivity contribution in [1.29, 1.82) is 0 Å². The fourth-order valence-electron chi connectivity index (χ4n) is 1.89. The second kappa shape index (κ2) is 8.01. The van der Waals surface area contributed by atoms with E-state index in [1.165, 1.54) is 24.3 Å². The highest BCUT2D eigenvalue weighted by Crippen LogP contribution is 2.15. The Balaban J connectivity index is 1.83. The van der Waals surface area contributed by atoms with Crippen LogP contribution in [-0.2, 0) is 28.6 Å². The highest BCUT2D eigenvalue weighted by Gasteiger charge is 2.18. The summed E-state index contributed by atoms with van der Waals surface area (Å²) in [6.45, 7) is 5.16. The van der Waals surface area contributed by atoms with E-state index in [1.54, 1.807) is 24.3 Å². The van der Waals surface area contributed by atoms with Crippen molar-refractivity contribution >= 4 is 20.2 Å². The molecule has 0 aliphatic rings. The molecule has 0 radical (unpaired) electrons. The van der Waals surface area contributed by atoms with Gasteiger partial charge in [-0.1, -0.05) is 17.7 Å². The van der Waals surface area contributed by atoms with Crippen LogP contribution in [0.5, 0.6) is 0 Å². The summed E-state index contributed by atoms with van der Waals surface area (Å²) in [5.41, 5.74) is 1.62. The van der Waals surface area contributed by atoms with Gasteiger partial charge in [0.05, 0.1) is 18.1 Å². The highest BCUT2D eigenvalue weighted by molar-refractivity contribution is 7.87. The van der Waals surface area contributed by atoms with Crippen molar-refractivity contribution in [3.63, 3.8) is 0 Å². The number of hydrogen-bond donors (Lipinski definition) is 0. The fourth-order valence-corrected chi connectivity index (χ4v) is 3.78. The highest BCUT2D eigenvalue weighted by atomic mass is 32.2. The molecule has 0 aliphatic heterocycles. The van der Waals surface area contributed by atoms with Crippen LogP contribution in [0.2, 0.25) is 0 Å². The Kier molecular flexibility index (Phi) is 6.23. The van der Waals surface area contributed by atoms with Crippen LogP contribution in [0.25, 0.3) is 0 Å². The molecule has 0 aromatic heterocycles. The second-order valence-electron chi connectivity index (χ2n) is 5.36. The van der Waals surface area contributed by atoms with Gasteiger partial charge in [-0.15, -0.1) is 0 Å². The summed E-state index contributed by atoms with van der Waals surface area (Å²) in [5.74, 6) is 0. The molecule has 2 aromatic carbocycles. The lowest BCUT2D eigenvalue weighted by Crippen LogP contribution is -2.12. The summed E-state index contributed by atoms with van der Waals surface area (Å²) in [6.07, 6.45) is 0.109. The first kappa shape index (κ1) is 19.5. The zero-order valence-electron chi connectivity index (χ0n) is 13.7. The molecule has 0 heterocycles. The van der Waals surface area contributed by atoms with Crippen LogP contribution in [0.1, 0.15) is 17.5 Å². The molecule has 0 N–H and O–H groups in total. The van der Waals surface area contributed by atoms with Crippen molar-refractivity contribution in [3.8, 4) is 0 Å². The minimum atomic E-state index is -3.88. The molecule has 25 heavy (non-hydrogen) atoms. The Labute approximate surface area is 148 Å². The van der Waals surface area contributed by atoms with E-state index >= 15 is 0 Å². The van der Waals surface area contributed by atoms with Gasteiger partial charge in [-0.05, 0) is 25.5 Å². The summed E-state index contributed by atoms with van der Waals surface area (Å²) in [5, 5.41) is 0. The average Bonchev–Trinajstić information content (AvgIpc) is 2.55. The first-order valence-electron chi connectivity index (χ1n) is 7.48. The van der Waals surface area contributed by atoms with E-state index in [1.807, 2.05) is 6.92 Å². The van der Waals surface area contributed by atoms with Crippen LogP contribution in [-0.4, -0.2) is 30.0 Å². The largest absolute Gasteiger partial charge is 0.299 e. The van der Waals surface area contributed by atoms with E-state index in [-0.39, 0.29) is 29.4 Å². The topological polar surface area (TPSA) is 86.7 Å². The van der Waals surface area contributed by atoms with Gasteiger partial charge < -0.3 is 0 Å². The molecule has 6 nitrogen and oxygen atoms in total. The summed E-state index contributed by atoms with van der Waals surface area (Å²) in [6, 6.07) is 12.2. The molecule has 2 rings (SSSR count). The van der Waals surface area contributed by atoms with Crippen LogP contribution >= 0.6 is 0 Å². The smallest absolute Gasteiger partial charge is 0.266 e. The number of aryl methyl sites for hydroxylation is 1. The number of hydrogen-bond acceptors (Lipinski definition) is 6. The van der Waals surface area contributed by atoms with Crippen LogP contribution in [0, 0.1) is 13.8 Å². The molecule has 0 unspecified atom stereocenters. The predicted octanol–water partition coefficient (Wildman–Crippen LogP) is 2.68. The maximum atomic E-state index is 12.0. The van der Waals surface area contributed by atoms with Crippen LogP contribution in [0.4, 0.5) is 0 Å². The normalized spacial score (nSPS) is 12.2. The first-order chi connectivity index (χ1) is 11.7. The van der Waals surface area contributed by atoms with Crippen LogP contribution in [0.3, 0.4) is 0 Å². The lowest BCUT2D eigenvalue weighted by Gasteiger charge is -2.07. The second-order valence-corrected chi connectivity index (χ2v) is 8.59. The average molecular weight is 383 g/mol. The van der Waals surface area contributed by atoms with Crippen LogP contribution in [0.15, 0.2) is 58.3 Å². The van der Waals surface area contributed by atoms with E-state index in [9.17, 15) is 16.8 Å². The van der Waals surface area contributed by atoms with Crippen LogP contribution < -0.4 is 0 Å². The zero-order valence-corrected chi connectivity index (χ0v) is 15.3. The molecule has 0 saturated carbocycles.